The van der Waals surface area contributed by atoms with Gasteiger partial charge in [-0.15, -0.1) is 0 Å². The second-order valence-electron chi connectivity index (χ2n) is 7.22. The average Bonchev–Trinajstić information content (AvgIpc) is 3.24. The van der Waals surface area contributed by atoms with Gasteiger partial charge in [0.1, 0.15) is 0 Å². The minimum Gasteiger partial charge on any atom is -0.354 e. The molecule has 4 aromatic carbocycles. The highest BCUT2D eigenvalue weighted by molar-refractivity contribution is 5.81. The molecule has 0 saturated heterocycles. The molecule has 144 valence electrons. The van der Waals surface area contributed by atoms with Crippen LogP contribution in [0, 0.1) is 0 Å². The molecular weight excluding hydrogens is 364 g/mol. The van der Waals surface area contributed by atoms with Gasteiger partial charge in [0.2, 0.25) is 0 Å². The molecule has 5 rings (SSSR count). The van der Waals surface area contributed by atoms with E-state index in [-0.39, 0.29) is 0 Å². The van der Waals surface area contributed by atoms with Crippen LogP contribution in [0.1, 0.15) is 0 Å². The molecule has 0 aliphatic rings. The van der Waals surface area contributed by atoms with Gasteiger partial charge in [-0.2, -0.15) is 0 Å². The standard InChI is InChI=1S/C28H22N2/c1-4-10-22(11-5-1)23-16-18-26(19-17-23)30-21-20-27(29-25-14-8-3-9-15-25)28(30)24-12-6-2-7-13-24/h1-21,29H. The van der Waals surface area contributed by atoms with Gasteiger partial charge in [0, 0.05) is 23.1 Å². The topological polar surface area (TPSA) is 17.0 Å². The van der Waals surface area contributed by atoms with Crippen molar-refractivity contribution in [1.82, 2.24) is 4.57 Å². The first-order valence-electron chi connectivity index (χ1n) is 10.1. The maximum absolute atomic E-state index is 3.58. The van der Waals surface area contributed by atoms with E-state index < -0.39 is 0 Å². The molecule has 0 aliphatic heterocycles. The van der Waals surface area contributed by atoms with Gasteiger partial charge in [0.15, 0.2) is 0 Å². The van der Waals surface area contributed by atoms with Crippen LogP contribution in [0.25, 0.3) is 28.1 Å². The number of hydrogen-bond acceptors (Lipinski definition) is 1. The van der Waals surface area contributed by atoms with E-state index in [1.807, 2.05) is 24.3 Å². The molecule has 0 fully saturated rings. The molecule has 0 spiro atoms. The van der Waals surface area contributed by atoms with Crippen molar-refractivity contribution in [2.24, 2.45) is 0 Å². The maximum atomic E-state index is 3.58. The van der Waals surface area contributed by atoms with Crippen molar-refractivity contribution in [3.05, 3.63) is 128 Å². The highest BCUT2D eigenvalue weighted by atomic mass is 15.0. The molecule has 0 bridgehead atoms. The summed E-state index contributed by atoms with van der Waals surface area (Å²) in [4.78, 5) is 0. The Morgan fingerprint density at radius 2 is 1.00 bits per heavy atom. The van der Waals surface area contributed by atoms with Crippen LogP contribution >= 0.6 is 0 Å². The van der Waals surface area contributed by atoms with Crippen LogP contribution in [-0.2, 0) is 0 Å². The fourth-order valence-corrected chi connectivity index (χ4v) is 3.76. The second kappa shape index (κ2) is 8.14. The lowest BCUT2D eigenvalue weighted by molar-refractivity contribution is 1.09. The number of aromatic nitrogens is 1. The van der Waals surface area contributed by atoms with Crippen molar-refractivity contribution >= 4 is 11.4 Å². The van der Waals surface area contributed by atoms with E-state index in [0.29, 0.717) is 0 Å². The summed E-state index contributed by atoms with van der Waals surface area (Å²) in [5.74, 6) is 0. The van der Waals surface area contributed by atoms with Crippen LogP contribution < -0.4 is 5.32 Å². The summed E-state index contributed by atoms with van der Waals surface area (Å²) in [6.07, 6.45) is 2.13. The maximum Gasteiger partial charge on any atom is 0.0765 e. The lowest BCUT2D eigenvalue weighted by Crippen LogP contribution is -1.98. The Balaban J connectivity index is 1.57. The third kappa shape index (κ3) is 3.63. The Kier molecular flexibility index (Phi) is 4.89. The Hall–Kier alpha value is -4.04. The fraction of sp³-hybridized carbons (Fsp3) is 0. The Labute approximate surface area is 177 Å². The van der Waals surface area contributed by atoms with Gasteiger partial charge in [0.25, 0.3) is 0 Å². The van der Waals surface area contributed by atoms with Gasteiger partial charge in [-0.25, -0.2) is 0 Å². The third-order valence-electron chi connectivity index (χ3n) is 5.24. The number of nitrogens with zero attached hydrogens (tertiary/aromatic N) is 1. The molecule has 0 amide bonds. The smallest absolute Gasteiger partial charge is 0.0765 e. The summed E-state index contributed by atoms with van der Waals surface area (Å²) < 4.78 is 2.25. The van der Waals surface area contributed by atoms with Crippen molar-refractivity contribution in [1.29, 1.82) is 0 Å². The van der Waals surface area contributed by atoms with Gasteiger partial charge in [0.05, 0.1) is 11.4 Å². The fourth-order valence-electron chi connectivity index (χ4n) is 3.76. The molecule has 0 saturated carbocycles. The first kappa shape index (κ1) is 18.0. The van der Waals surface area contributed by atoms with Crippen molar-refractivity contribution in [3.8, 4) is 28.1 Å². The van der Waals surface area contributed by atoms with Crippen LogP contribution in [0.4, 0.5) is 11.4 Å². The van der Waals surface area contributed by atoms with Crippen molar-refractivity contribution in [3.63, 3.8) is 0 Å². The average molecular weight is 386 g/mol. The largest absolute Gasteiger partial charge is 0.354 e. The number of benzene rings is 4. The molecule has 0 atom stereocenters. The highest BCUT2D eigenvalue weighted by Gasteiger charge is 2.13. The molecule has 0 aliphatic carbocycles. The van der Waals surface area contributed by atoms with Crippen molar-refractivity contribution < 1.29 is 0 Å². The zero-order valence-corrected chi connectivity index (χ0v) is 16.6. The molecule has 0 unspecified atom stereocenters. The van der Waals surface area contributed by atoms with Crippen LogP contribution in [0.2, 0.25) is 0 Å². The molecule has 2 nitrogen and oxygen atoms in total. The summed E-state index contributed by atoms with van der Waals surface area (Å²) in [7, 11) is 0. The molecule has 30 heavy (non-hydrogen) atoms. The Morgan fingerprint density at radius 1 is 0.467 bits per heavy atom. The summed E-state index contributed by atoms with van der Waals surface area (Å²) in [6.45, 7) is 0. The quantitative estimate of drug-likeness (QED) is 0.330. The van der Waals surface area contributed by atoms with Gasteiger partial charge >= 0.3 is 0 Å². The highest BCUT2D eigenvalue weighted by Crippen LogP contribution is 2.34. The van der Waals surface area contributed by atoms with E-state index in [1.165, 1.54) is 16.7 Å². The molecule has 2 heteroatoms. The number of nitrogens with one attached hydrogen (secondary N) is 1. The van der Waals surface area contributed by atoms with Gasteiger partial charge in [-0.1, -0.05) is 91.0 Å². The lowest BCUT2D eigenvalue weighted by atomic mass is 10.1. The normalized spacial score (nSPS) is 10.7. The van der Waals surface area contributed by atoms with E-state index >= 15 is 0 Å². The van der Waals surface area contributed by atoms with E-state index in [2.05, 4.69) is 113 Å². The van der Waals surface area contributed by atoms with Gasteiger partial charge < -0.3 is 9.88 Å². The summed E-state index contributed by atoms with van der Waals surface area (Å²) >= 11 is 0. The molecule has 1 aromatic heterocycles. The van der Waals surface area contributed by atoms with Crippen molar-refractivity contribution in [2.75, 3.05) is 5.32 Å². The first-order chi connectivity index (χ1) is 14.9. The molecule has 1 heterocycles. The lowest BCUT2D eigenvalue weighted by Gasteiger charge is -2.14. The molecule has 0 radical (unpaired) electrons. The summed E-state index contributed by atoms with van der Waals surface area (Å²) in [5, 5.41) is 3.58. The minimum atomic E-state index is 1.08. The van der Waals surface area contributed by atoms with E-state index in [0.717, 1.165) is 22.8 Å². The number of para-hydroxylation sites is 1. The predicted molar refractivity (Wildman–Crippen MR) is 126 cm³/mol. The van der Waals surface area contributed by atoms with Crippen LogP contribution in [-0.4, -0.2) is 4.57 Å². The third-order valence-corrected chi connectivity index (χ3v) is 5.24. The van der Waals surface area contributed by atoms with Crippen molar-refractivity contribution in [2.45, 2.75) is 0 Å². The Morgan fingerprint density at radius 3 is 1.63 bits per heavy atom. The Bertz CT molecular complexity index is 1220. The zero-order chi connectivity index (χ0) is 20.2. The SMILES string of the molecule is c1ccc(Nc2ccn(-c3ccc(-c4ccccc4)cc3)c2-c2ccccc2)cc1. The molecule has 1 N–H and O–H groups in total. The zero-order valence-electron chi connectivity index (χ0n) is 16.6. The van der Waals surface area contributed by atoms with E-state index in [9.17, 15) is 0 Å². The monoisotopic (exact) mass is 386 g/mol. The molecular formula is C28H22N2. The van der Waals surface area contributed by atoms with Crippen LogP contribution in [0.15, 0.2) is 128 Å². The van der Waals surface area contributed by atoms with Gasteiger partial charge in [-0.3, -0.25) is 0 Å². The van der Waals surface area contributed by atoms with Gasteiger partial charge in [-0.05, 0) is 41.5 Å². The predicted octanol–water partition coefficient (Wildman–Crippen LogP) is 7.55. The van der Waals surface area contributed by atoms with E-state index in [4.69, 9.17) is 0 Å². The number of hydrogen-bond donors (Lipinski definition) is 1. The number of anilines is 2. The number of rotatable bonds is 5. The second-order valence-corrected chi connectivity index (χ2v) is 7.22. The van der Waals surface area contributed by atoms with E-state index in [1.54, 1.807) is 0 Å². The first-order valence-corrected chi connectivity index (χ1v) is 10.1. The van der Waals surface area contributed by atoms with Crippen LogP contribution in [0.5, 0.6) is 0 Å². The molecule has 5 aromatic rings. The van der Waals surface area contributed by atoms with Crippen LogP contribution in [0.3, 0.4) is 0 Å². The summed E-state index contributed by atoms with van der Waals surface area (Å²) in [5.41, 5.74) is 8.06. The minimum absolute atomic E-state index is 1.08. The summed E-state index contributed by atoms with van der Waals surface area (Å²) in [6, 6.07) is 42.2.